The molecule has 0 saturated heterocycles. The number of carbonyl (C=O) groups is 1. The summed E-state index contributed by atoms with van der Waals surface area (Å²) in [4.78, 5) is 9.57. The maximum atomic E-state index is 9.57. The predicted octanol–water partition coefficient (Wildman–Crippen LogP) is 5.35. The fourth-order valence-electron chi connectivity index (χ4n) is 2.48. The Morgan fingerprint density at radius 2 is 1.20 bits per heavy atom. The van der Waals surface area contributed by atoms with Gasteiger partial charge in [0.05, 0.1) is 0 Å². The Morgan fingerprint density at radius 1 is 0.840 bits per heavy atom. The first-order valence-electron chi connectivity index (χ1n) is 10.6. The third-order valence-corrected chi connectivity index (χ3v) is 4.15. The van der Waals surface area contributed by atoms with Gasteiger partial charge in [-0.05, 0) is 32.4 Å². The lowest BCUT2D eigenvalue weighted by Gasteiger charge is -2.07. The Hall–Kier alpha value is -0.610. The summed E-state index contributed by atoms with van der Waals surface area (Å²) in [5.74, 6) is -0.174. The molecule has 0 heterocycles. The van der Waals surface area contributed by atoms with Gasteiger partial charge >= 0.3 is 5.97 Å². The molecule has 0 aromatic carbocycles. The highest BCUT2D eigenvalue weighted by Crippen LogP contribution is 2.11. The Morgan fingerprint density at radius 3 is 1.52 bits per heavy atom. The van der Waals surface area contributed by atoms with E-state index in [1.54, 1.807) is 0 Å². The molecular weight excluding hydrogens is 312 g/mol. The average Bonchev–Trinajstić information content (AvgIpc) is 2.55. The second kappa shape index (κ2) is 21.4. The molecule has 1 unspecified atom stereocenters. The summed E-state index contributed by atoms with van der Waals surface area (Å²) in [6.45, 7) is 10.7. The zero-order chi connectivity index (χ0) is 19.3. The first kappa shape index (κ1) is 26.6. The molecule has 1 atom stereocenters. The van der Waals surface area contributed by atoms with Crippen LogP contribution in [0, 0.1) is 5.92 Å². The maximum Gasteiger partial charge on any atom is 0.320 e. The van der Waals surface area contributed by atoms with Gasteiger partial charge in [-0.3, -0.25) is 4.79 Å². The fourth-order valence-corrected chi connectivity index (χ4v) is 2.48. The van der Waals surface area contributed by atoms with Gasteiger partial charge < -0.3 is 16.2 Å². The van der Waals surface area contributed by atoms with Gasteiger partial charge in [0.15, 0.2) is 0 Å². The van der Waals surface area contributed by atoms with E-state index in [1.165, 1.54) is 97.1 Å². The van der Waals surface area contributed by atoms with E-state index in [1.807, 2.05) is 0 Å². The van der Waals surface area contributed by atoms with Gasteiger partial charge in [0.25, 0.3) is 0 Å². The molecule has 25 heavy (non-hydrogen) atoms. The minimum absolute atomic E-state index is 0.731. The smallest absolute Gasteiger partial charge is 0.320 e. The molecule has 0 rings (SSSR count). The molecule has 4 N–H and O–H groups in total. The molecule has 0 fully saturated rings. The number of nitrogens with two attached hydrogens (primary N) is 1. The highest BCUT2D eigenvalue weighted by Gasteiger charge is 1.99. The number of unbranched alkanes of at least 4 members (excludes halogenated alkanes) is 11. The third-order valence-electron chi connectivity index (χ3n) is 4.15. The fraction of sp³-hybridized carbons (Fsp3) is 0.952. The van der Waals surface area contributed by atoms with Crippen LogP contribution in [-0.2, 0) is 4.79 Å². The summed E-state index contributed by atoms with van der Waals surface area (Å²) in [5.41, 5.74) is 4.84. The molecule has 4 heteroatoms. The number of hydrogen-bond acceptors (Lipinski definition) is 3. The van der Waals surface area contributed by atoms with Gasteiger partial charge in [0.1, 0.15) is 6.04 Å². The molecule has 0 aromatic heterocycles. The topological polar surface area (TPSA) is 75.4 Å². The molecule has 0 bridgehead atoms. The van der Waals surface area contributed by atoms with Crippen LogP contribution in [0.4, 0.5) is 0 Å². The normalized spacial score (nSPS) is 11.9. The van der Waals surface area contributed by atoms with Crippen LogP contribution in [0.2, 0.25) is 0 Å². The van der Waals surface area contributed by atoms with E-state index in [4.69, 9.17) is 10.8 Å². The molecule has 4 nitrogen and oxygen atoms in total. The van der Waals surface area contributed by atoms with Crippen molar-refractivity contribution in [2.75, 3.05) is 13.1 Å². The Balaban J connectivity index is 0. The molecule has 0 amide bonds. The van der Waals surface area contributed by atoms with Crippen LogP contribution in [0.15, 0.2) is 0 Å². The van der Waals surface area contributed by atoms with Crippen molar-refractivity contribution in [2.24, 2.45) is 11.7 Å². The van der Waals surface area contributed by atoms with Gasteiger partial charge in [0, 0.05) is 0 Å². The van der Waals surface area contributed by atoms with Crippen molar-refractivity contribution >= 4 is 5.97 Å². The van der Waals surface area contributed by atoms with Gasteiger partial charge in [-0.25, -0.2) is 0 Å². The van der Waals surface area contributed by atoms with Crippen molar-refractivity contribution in [1.29, 1.82) is 0 Å². The molecule has 0 radical (unpaired) electrons. The molecule has 0 aliphatic rings. The van der Waals surface area contributed by atoms with Crippen LogP contribution in [0.25, 0.3) is 0 Å². The highest BCUT2D eigenvalue weighted by molar-refractivity contribution is 5.72. The second-order valence-corrected chi connectivity index (χ2v) is 7.61. The summed E-state index contributed by atoms with van der Waals surface area (Å²) in [5, 5.41) is 11.4. The van der Waals surface area contributed by atoms with Gasteiger partial charge in [0.2, 0.25) is 0 Å². The molecular formula is C21H46N2O2. The minimum atomic E-state index is -0.963. The molecule has 0 aliphatic carbocycles. The third kappa shape index (κ3) is 28.5. The lowest BCUT2D eigenvalue weighted by atomic mass is 10.1. The van der Waals surface area contributed by atoms with Crippen LogP contribution in [0.5, 0.6) is 0 Å². The Bertz CT molecular complexity index is 269. The lowest BCUT2D eigenvalue weighted by Crippen LogP contribution is -2.25. The molecule has 0 spiro atoms. The number of nitrogens with one attached hydrogen (secondary N) is 1. The van der Waals surface area contributed by atoms with Crippen molar-refractivity contribution in [3.63, 3.8) is 0 Å². The summed E-state index contributed by atoms with van der Waals surface area (Å²) in [6.07, 6.45) is 17.3. The lowest BCUT2D eigenvalue weighted by molar-refractivity contribution is -0.138. The van der Waals surface area contributed by atoms with Gasteiger partial charge in [-0.15, -0.1) is 0 Å². The van der Waals surface area contributed by atoms with Crippen molar-refractivity contribution in [3.8, 4) is 0 Å². The zero-order valence-corrected chi connectivity index (χ0v) is 17.5. The summed E-state index contributed by atoms with van der Waals surface area (Å²) in [7, 11) is 0. The largest absolute Gasteiger partial charge is 0.480 e. The second-order valence-electron chi connectivity index (χ2n) is 7.61. The zero-order valence-electron chi connectivity index (χ0n) is 17.5. The standard InChI is InChI=1S/C18H39N.C3H7NO2/c1-4-5-6-7-8-9-10-11-12-13-14-15-16-19-17-18(2)3;1-2(4)3(5)6/h18-19H,4-17H2,1-3H3;2H,4H2,1H3,(H,5,6). The average molecular weight is 359 g/mol. The van der Waals surface area contributed by atoms with Crippen LogP contribution < -0.4 is 11.1 Å². The summed E-state index contributed by atoms with van der Waals surface area (Å²) < 4.78 is 0. The van der Waals surface area contributed by atoms with Crippen LogP contribution in [0.1, 0.15) is 105 Å². The predicted molar refractivity (Wildman–Crippen MR) is 110 cm³/mol. The van der Waals surface area contributed by atoms with E-state index in [9.17, 15) is 4.79 Å². The molecule has 0 aliphatic heterocycles. The van der Waals surface area contributed by atoms with Crippen molar-refractivity contribution in [3.05, 3.63) is 0 Å². The highest BCUT2D eigenvalue weighted by atomic mass is 16.4. The van der Waals surface area contributed by atoms with E-state index in [-0.39, 0.29) is 0 Å². The first-order chi connectivity index (χ1) is 11.9. The quantitative estimate of drug-likeness (QED) is 0.325. The van der Waals surface area contributed by atoms with Crippen LogP contribution >= 0.6 is 0 Å². The van der Waals surface area contributed by atoms with Crippen LogP contribution in [0.3, 0.4) is 0 Å². The monoisotopic (exact) mass is 358 g/mol. The maximum absolute atomic E-state index is 9.57. The molecule has 0 aromatic rings. The van der Waals surface area contributed by atoms with E-state index < -0.39 is 12.0 Å². The van der Waals surface area contributed by atoms with Crippen molar-refractivity contribution in [1.82, 2.24) is 5.32 Å². The van der Waals surface area contributed by atoms with Crippen LogP contribution in [-0.4, -0.2) is 30.2 Å². The number of hydrogen-bond donors (Lipinski definition) is 3. The number of carboxylic acids is 1. The number of aliphatic carboxylic acids is 1. The van der Waals surface area contributed by atoms with E-state index in [0.717, 1.165) is 5.92 Å². The number of carboxylic acid groups (broad SMARTS) is 1. The minimum Gasteiger partial charge on any atom is -0.480 e. The first-order valence-corrected chi connectivity index (χ1v) is 10.6. The van der Waals surface area contributed by atoms with Gasteiger partial charge in [-0.1, -0.05) is 91.4 Å². The Kier molecular flexibility index (Phi) is 22.8. The molecule has 0 saturated carbocycles. The van der Waals surface area contributed by atoms with E-state index >= 15 is 0 Å². The SMILES string of the molecule is CC(N)C(=O)O.CCCCCCCCCCCCCCNCC(C)C. The van der Waals surface area contributed by atoms with Gasteiger partial charge in [-0.2, -0.15) is 0 Å². The van der Waals surface area contributed by atoms with E-state index in [0.29, 0.717) is 0 Å². The van der Waals surface area contributed by atoms with Crippen molar-refractivity contribution in [2.45, 2.75) is 111 Å². The van der Waals surface area contributed by atoms with Crippen molar-refractivity contribution < 1.29 is 9.90 Å². The summed E-state index contributed by atoms with van der Waals surface area (Å²) in [6, 6.07) is -0.731. The van der Waals surface area contributed by atoms with E-state index in [2.05, 4.69) is 26.1 Å². The Labute approximate surface area is 157 Å². The summed E-state index contributed by atoms with van der Waals surface area (Å²) >= 11 is 0. The molecule has 152 valence electrons. The number of rotatable bonds is 16.